The molecule has 0 atom stereocenters. The van der Waals surface area contributed by atoms with Gasteiger partial charge in [0, 0.05) is 19.2 Å². The molecule has 1 aliphatic heterocycles. The number of halogens is 5. The Morgan fingerprint density at radius 2 is 1.81 bits per heavy atom. The average Bonchev–Trinajstić information content (AvgIpc) is 2.81. The zero-order valence-electron chi connectivity index (χ0n) is 13.9. The summed E-state index contributed by atoms with van der Waals surface area (Å²) in [5.41, 5.74) is -1.09. The second-order valence-electron chi connectivity index (χ2n) is 5.92. The van der Waals surface area contributed by atoms with E-state index in [-0.39, 0.29) is 24.5 Å². The number of benzene rings is 2. The largest absolute Gasteiger partial charge is 0.491 e. The molecule has 9 heteroatoms. The number of fused-ring (bicyclic) bond motifs is 1. The molecule has 0 aromatic heterocycles. The maximum Gasteiger partial charge on any atom is 0.416 e. The Bertz CT molecular complexity index is 854. The van der Waals surface area contributed by atoms with E-state index in [9.17, 15) is 26.7 Å². The van der Waals surface area contributed by atoms with Gasteiger partial charge < -0.3 is 10.1 Å². The van der Waals surface area contributed by atoms with Crippen molar-refractivity contribution in [1.82, 2.24) is 5.32 Å². The highest BCUT2D eigenvalue weighted by Gasteiger charge is 2.34. The molecular weight excluding hydrogens is 371 g/mol. The normalized spacial score (nSPS) is 14.2. The number of hydrogen-bond donors (Lipinski definition) is 1. The maximum absolute atomic E-state index is 13.4. The van der Waals surface area contributed by atoms with Gasteiger partial charge in [0.05, 0.1) is 17.9 Å². The molecule has 0 spiro atoms. The molecule has 0 radical (unpaired) electrons. The Labute approximate surface area is 151 Å². The number of nitrogens with one attached hydrogen (secondary N) is 1. The van der Waals surface area contributed by atoms with Crippen molar-refractivity contribution in [2.75, 3.05) is 18.1 Å². The van der Waals surface area contributed by atoms with Crippen LogP contribution < -0.4 is 15.0 Å². The summed E-state index contributed by atoms with van der Waals surface area (Å²) < 4.78 is 71.1. The molecule has 2 amide bonds. The van der Waals surface area contributed by atoms with Crippen molar-refractivity contribution < 1.29 is 31.5 Å². The van der Waals surface area contributed by atoms with Gasteiger partial charge in [-0.25, -0.2) is 13.6 Å². The molecule has 1 aliphatic rings. The average molecular weight is 386 g/mol. The maximum atomic E-state index is 13.4. The quantitative estimate of drug-likeness (QED) is 0.774. The smallest absolute Gasteiger partial charge is 0.416 e. The van der Waals surface area contributed by atoms with E-state index >= 15 is 0 Å². The van der Waals surface area contributed by atoms with Crippen LogP contribution in [0.5, 0.6) is 5.75 Å². The number of nitrogens with zero attached hydrogens (tertiary/aromatic N) is 1. The van der Waals surface area contributed by atoms with Gasteiger partial charge in [0.2, 0.25) is 0 Å². The summed E-state index contributed by atoms with van der Waals surface area (Å²) in [6.07, 6.45) is -4.28. The van der Waals surface area contributed by atoms with Crippen LogP contribution in [-0.2, 0) is 12.7 Å². The molecule has 27 heavy (non-hydrogen) atoms. The van der Waals surface area contributed by atoms with Crippen molar-refractivity contribution >= 4 is 11.7 Å². The Morgan fingerprint density at radius 1 is 1.11 bits per heavy atom. The lowest BCUT2D eigenvalue weighted by molar-refractivity contribution is -0.138. The van der Waals surface area contributed by atoms with Crippen LogP contribution in [0.2, 0.25) is 0 Å². The van der Waals surface area contributed by atoms with Gasteiger partial charge >= 0.3 is 12.2 Å². The molecule has 2 aromatic rings. The number of alkyl halides is 3. The van der Waals surface area contributed by atoms with Crippen molar-refractivity contribution in [3.63, 3.8) is 0 Å². The van der Waals surface area contributed by atoms with E-state index in [0.717, 1.165) is 24.3 Å². The van der Waals surface area contributed by atoms with Gasteiger partial charge in [0.25, 0.3) is 0 Å². The predicted molar refractivity (Wildman–Crippen MR) is 87.5 cm³/mol. The zero-order chi connectivity index (χ0) is 19.6. The third-order valence-corrected chi connectivity index (χ3v) is 4.05. The topological polar surface area (TPSA) is 41.6 Å². The van der Waals surface area contributed by atoms with Gasteiger partial charge in [-0.3, -0.25) is 4.90 Å². The molecule has 1 N–H and O–H groups in total. The number of urea groups is 1. The summed E-state index contributed by atoms with van der Waals surface area (Å²) in [7, 11) is 0. The third kappa shape index (κ3) is 4.29. The van der Waals surface area contributed by atoms with Crippen LogP contribution in [0.25, 0.3) is 0 Å². The molecule has 0 saturated heterocycles. The van der Waals surface area contributed by atoms with E-state index < -0.39 is 36.0 Å². The SMILES string of the molecule is O=C(NCc1ccc(F)cc1C(F)(F)F)N1CCCOc2cc(F)ccc21. The number of anilines is 1. The van der Waals surface area contributed by atoms with Gasteiger partial charge in [-0.2, -0.15) is 13.2 Å². The Hall–Kier alpha value is -2.84. The second kappa shape index (κ2) is 7.42. The van der Waals surface area contributed by atoms with Gasteiger partial charge in [-0.15, -0.1) is 0 Å². The lowest BCUT2D eigenvalue weighted by Gasteiger charge is -2.23. The lowest BCUT2D eigenvalue weighted by Crippen LogP contribution is -2.40. The van der Waals surface area contributed by atoms with Crippen LogP contribution in [0.15, 0.2) is 36.4 Å². The van der Waals surface area contributed by atoms with Crippen molar-refractivity contribution in [2.24, 2.45) is 0 Å². The molecule has 0 unspecified atom stereocenters. The van der Waals surface area contributed by atoms with E-state index in [4.69, 9.17) is 4.74 Å². The summed E-state index contributed by atoms with van der Waals surface area (Å²) in [4.78, 5) is 13.8. The minimum Gasteiger partial charge on any atom is -0.491 e. The molecule has 0 fully saturated rings. The van der Waals surface area contributed by atoms with E-state index in [1.165, 1.54) is 11.0 Å². The van der Waals surface area contributed by atoms with Crippen molar-refractivity contribution in [3.8, 4) is 5.75 Å². The summed E-state index contributed by atoms with van der Waals surface area (Å²) in [6.45, 7) is 0.0816. The fourth-order valence-electron chi connectivity index (χ4n) is 2.80. The van der Waals surface area contributed by atoms with Gasteiger partial charge in [-0.1, -0.05) is 6.07 Å². The van der Waals surface area contributed by atoms with Crippen molar-refractivity contribution in [3.05, 3.63) is 59.2 Å². The first kappa shape index (κ1) is 18.9. The molecule has 1 heterocycles. The Balaban J connectivity index is 1.79. The van der Waals surface area contributed by atoms with E-state index in [0.29, 0.717) is 18.2 Å². The summed E-state index contributed by atoms with van der Waals surface area (Å²) in [5, 5.41) is 2.40. The van der Waals surface area contributed by atoms with E-state index in [1.54, 1.807) is 0 Å². The Morgan fingerprint density at radius 3 is 2.56 bits per heavy atom. The number of carbonyl (C=O) groups excluding carboxylic acids is 1. The van der Waals surface area contributed by atoms with Gasteiger partial charge in [0.15, 0.2) is 0 Å². The summed E-state index contributed by atoms with van der Waals surface area (Å²) in [5.74, 6) is -1.37. The van der Waals surface area contributed by atoms with E-state index in [1.807, 2.05) is 0 Å². The zero-order valence-corrected chi connectivity index (χ0v) is 13.9. The monoisotopic (exact) mass is 386 g/mol. The number of carbonyl (C=O) groups is 1. The first-order valence-corrected chi connectivity index (χ1v) is 8.09. The number of rotatable bonds is 2. The molecule has 2 aromatic carbocycles. The molecule has 4 nitrogen and oxygen atoms in total. The molecule has 0 saturated carbocycles. The molecular formula is C18H15F5N2O2. The second-order valence-corrected chi connectivity index (χ2v) is 5.92. The fourth-order valence-corrected chi connectivity index (χ4v) is 2.80. The fraction of sp³-hybridized carbons (Fsp3) is 0.278. The van der Waals surface area contributed by atoms with Crippen LogP contribution in [0, 0.1) is 11.6 Å². The molecule has 144 valence electrons. The first-order chi connectivity index (χ1) is 12.8. The Kier molecular flexibility index (Phi) is 5.20. The third-order valence-electron chi connectivity index (χ3n) is 4.05. The van der Waals surface area contributed by atoms with Crippen LogP contribution in [0.3, 0.4) is 0 Å². The van der Waals surface area contributed by atoms with Crippen LogP contribution >= 0.6 is 0 Å². The lowest BCUT2D eigenvalue weighted by atomic mass is 10.1. The number of amides is 2. The van der Waals surface area contributed by atoms with Crippen LogP contribution in [-0.4, -0.2) is 19.2 Å². The standard InChI is InChI=1S/C18H15F5N2O2/c19-12-3-2-11(14(8-12)18(21,22)23)10-24-17(26)25-6-1-7-27-16-9-13(20)4-5-15(16)25/h2-5,8-9H,1,6-7,10H2,(H,24,26). The minimum absolute atomic E-state index is 0.181. The van der Waals surface area contributed by atoms with Gasteiger partial charge in [-0.05, 0) is 36.2 Å². The highest BCUT2D eigenvalue weighted by atomic mass is 19.4. The first-order valence-electron chi connectivity index (χ1n) is 8.09. The van der Waals surface area contributed by atoms with Crippen molar-refractivity contribution in [1.29, 1.82) is 0 Å². The summed E-state index contributed by atoms with van der Waals surface area (Å²) >= 11 is 0. The highest BCUT2D eigenvalue weighted by molar-refractivity contribution is 5.93. The van der Waals surface area contributed by atoms with E-state index in [2.05, 4.69) is 5.32 Å². The van der Waals surface area contributed by atoms with Crippen LogP contribution in [0.1, 0.15) is 17.5 Å². The van der Waals surface area contributed by atoms with Gasteiger partial charge in [0.1, 0.15) is 17.4 Å². The number of hydrogen-bond acceptors (Lipinski definition) is 2. The minimum atomic E-state index is -4.75. The van der Waals surface area contributed by atoms with Crippen molar-refractivity contribution in [2.45, 2.75) is 19.1 Å². The molecule has 0 bridgehead atoms. The molecule has 3 rings (SSSR count). The summed E-state index contributed by atoms with van der Waals surface area (Å²) in [6, 6.07) is 5.28. The molecule has 0 aliphatic carbocycles. The number of ether oxygens (including phenoxy) is 1. The highest BCUT2D eigenvalue weighted by Crippen LogP contribution is 2.33. The van der Waals surface area contributed by atoms with Crippen LogP contribution in [0.4, 0.5) is 32.4 Å². The predicted octanol–water partition coefficient (Wildman–Crippen LogP) is 4.48.